The van der Waals surface area contributed by atoms with Gasteiger partial charge in [-0.3, -0.25) is 0 Å². The zero-order chi connectivity index (χ0) is 7.40. The van der Waals surface area contributed by atoms with Crippen molar-refractivity contribution in [3.63, 3.8) is 0 Å². The van der Waals surface area contributed by atoms with Crippen LogP contribution in [0.1, 0.15) is 20.3 Å². The molecule has 1 heterocycles. The van der Waals surface area contributed by atoms with Gasteiger partial charge in [0.15, 0.2) is 5.88 Å². The van der Waals surface area contributed by atoms with Crippen LogP contribution in [0.4, 0.5) is 0 Å². The molecule has 2 heteroatoms. The average molecular weight is 139 g/mol. The first kappa shape index (κ1) is 7.19. The molecule has 0 saturated heterocycles. The van der Waals surface area contributed by atoms with Crippen molar-refractivity contribution >= 4 is 0 Å². The number of H-pyrrole nitrogens is 1. The summed E-state index contributed by atoms with van der Waals surface area (Å²) in [7, 11) is 0. The third-order valence-electron chi connectivity index (χ3n) is 1.47. The average Bonchev–Trinajstić information content (AvgIpc) is 2.40. The summed E-state index contributed by atoms with van der Waals surface area (Å²) in [5, 5.41) is 0. The van der Waals surface area contributed by atoms with Crippen molar-refractivity contribution in [1.82, 2.24) is 4.98 Å². The minimum absolute atomic E-state index is 0.304. The lowest BCUT2D eigenvalue weighted by molar-refractivity contribution is 0.210. The topological polar surface area (TPSA) is 25.0 Å². The van der Waals surface area contributed by atoms with Crippen LogP contribution in [0.3, 0.4) is 0 Å². The van der Waals surface area contributed by atoms with E-state index in [1.165, 1.54) is 0 Å². The second-order valence-corrected chi connectivity index (χ2v) is 2.37. The number of ether oxygens (including phenoxy) is 1. The van der Waals surface area contributed by atoms with Crippen molar-refractivity contribution in [1.29, 1.82) is 0 Å². The van der Waals surface area contributed by atoms with Crippen LogP contribution in [0.15, 0.2) is 18.3 Å². The maximum Gasteiger partial charge on any atom is 0.190 e. The van der Waals surface area contributed by atoms with Gasteiger partial charge >= 0.3 is 0 Å². The molecule has 10 heavy (non-hydrogen) atoms. The molecule has 0 spiro atoms. The highest BCUT2D eigenvalue weighted by molar-refractivity contribution is 5.09. The van der Waals surface area contributed by atoms with Gasteiger partial charge in [0, 0.05) is 6.20 Å². The van der Waals surface area contributed by atoms with Crippen LogP contribution >= 0.6 is 0 Å². The first-order chi connectivity index (χ1) is 4.83. The first-order valence-electron chi connectivity index (χ1n) is 3.63. The number of aromatic nitrogens is 1. The van der Waals surface area contributed by atoms with Gasteiger partial charge in [-0.15, -0.1) is 0 Å². The fourth-order valence-corrected chi connectivity index (χ4v) is 0.687. The van der Waals surface area contributed by atoms with Crippen LogP contribution < -0.4 is 4.74 Å². The van der Waals surface area contributed by atoms with E-state index in [0.717, 1.165) is 12.3 Å². The lowest BCUT2D eigenvalue weighted by Crippen LogP contribution is -2.09. The third kappa shape index (κ3) is 1.79. The number of rotatable bonds is 3. The minimum atomic E-state index is 0.304. The summed E-state index contributed by atoms with van der Waals surface area (Å²) in [6.07, 6.45) is 3.20. The second kappa shape index (κ2) is 3.30. The molecule has 0 radical (unpaired) electrons. The van der Waals surface area contributed by atoms with E-state index in [4.69, 9.17) is 4.74 Å². The third-order valence-corrected chi connectivity index (χ3v) is 1.47. The van der Waals surface area contributed by atoms with Gasteiger partial charge in [-0.05, 0) is 25.5 Å². The molecule has 1 aromatic rings. The van der Waals surface area contributed by atoms with Crippen LogP contribution in [0.25, 0.3) is 0 Å². The van der Waals surface area contributed by atoms with Crippen LogP contribution in [0.2, 0.25) is 0 Å². The van der Waals surface area contributed by atoms with E-state index in [1.807, 2.05) is 18.3 Å². The quantitative estimate of drug-likeness (QED) is 0.682. The molecule has 0 fully saturated rings. The van der Waals surface area contributed by atoms with E-state index in [2.05, 4.69) is 18.8 Å². The van der Waals surface area contributed by atoms with Crippen molar-refractivity contribution in [3.8, 4) is 5.88 Å². The summed E-state index contributed by atoms with van der Waals surface area (Å²) >= 11 is 0. The van der Waals surface area contributed by atoms with Gasteiger partial charge in [0.05, 0.1) is 6.10 Å². The Bertz CT molecular complexity index is 169. The maximum atomic E-state index is 5.45. The summed E-state index contributed by atoms with van der Waals surface area (Å²) < 4.78 is 5.45. The minimum Gasteiger partial charge on any atom is -0.476 e. The predicted octanol–water partition coefficient (Wildman–Crippen LogP) is 2.19. The predicted molar refractivity (Wildman–Crippen MR) is 41.2 cm³/mol. The zero-order valence-corrected chi connectivity index (χ0v) is 6.42. The van der Waals surface area contributed by atoms with Gasteiger partial charge < -0.3 is 9.72 Å². The Kier molecular flexibility index (Phi) is 2.37. The van der Waals surface area contributed by atoms with Gasteiger partial charge in [0.2, 0.25) is 0 Å². The Labute approximate surface area is 61.2 Å². The molecule has 1 rings (SSSR count). The van der Waals surface area contributed by atoms with E-state index in [-0.39, 0.29) is 0 Å². The monoisotopic (exact) mass is 139 g/mol. The Balaban J connectivity index is 2.40. The fourth-order valence-electron chi connectivity index (χ4n) is 0.687. The van der Waals surface area contributed by atoms with Crippen molar-refractivity contribution in [2.75, 3.05) is 0 Å². The Morgan fingerprint density at radius 3 is 3.00 bits per heavy atom. The number of hydrogen-bond acceptors (Lipinski definition) is 1. The molecule has 1 atom stereocenters. The molecule has 2 nitrogen and oxygen atoms in total. The zero-order valence-electron chi connectivity index (χ0n) is 6.42. The molecule has 0 aliphatic rings. The molecule has 0 aliphatic carbocycles. The highest BCUT2D eigenvalue weighted by Gasteiger charge is 1.98. The standard InChI is InChI=1S/C8H13NO/c1-3-7(2)10-8-5-4-6-9-8/h4-7,9H,3H2,1-2H3. The van der Waals surface area contributed by atoms with Crippen LogP contribution in [-0.4, -0.2) is 11.1 Å². The lowest BCUT2D eigenvalue weighted by atomic mass is 10.3. The maximum absolute atomic E-state index is 5.45. The molecule has 1 unspecified atom stereocenters. The van der Waals surface area contributed by atoms with Crippen molar-refractivity contribution in [2.45, 2.75) is 26.4 Å². The SMILES string of the molecule is CCC(C)Oc1ccc[nH]1. The van der Waals surface area contributed by atoms with Crippen molar-refractivity contribution in [2.24, 2.45) is 0 Å². The molecule has 1 N–H and O–H groups in total. The summed E-state index contributed by atoms with van der Waals surface area (Å²) in [4.78, 5) is 2.98. The van der Waals surface area contributed by atoms with Crippen molar-refractivity contribution in [3.05, 3.63) is 18.3 Å². The Morgan fingerprint density at radius 2 is 2.50 bits per heavy atom. The summed E-state index contributed by atoms with van der Waals surface area (Å²) in [6.45, 7) is 4.16. The molecule has 1 aromatic heterocycles. The van der Waals surface area contributed by atoms with Crippen molar-refractivity contribution < 1.29 is 4.74 Å². The van der Waals surface area contributed by atoms with Gasteiger partial charge in [-0.2, -0.15) is 0 Å². The molecule has 56 valence electrons. The summed E-state index contributed by atoms with van der Waals surface area (Å²) in [5.74, 6) is 0.856. The number of nitrogens with one attached hydrogen (secondary N) is 1. The molecule has 0 aromatic carbocycles. The molecule has 0 amide bonds. The van der Waals surface area contributed by atoms with Crippen LogP contribution in [0, 0.1) is 0 Å². The van der Waals surface area contributed by atoms with E-state index in [9.17, 15) is 0 Å². The van der Waals surface area contributed by atoms with E-state index < -0.39 is 0 Å². The van der Waals surface area contributed by atoms with E-state index in [1.54, 1.807) is 0 Å². The summed E-state index contributed by atoms with van der Waals surface area (Å²) in [5.41, 5.74) is 0. The first-order valence-corrected chi connectivity index (χ1v) is 3.63. The van der Waals surface area contributed by atoms with Crippen LogP contribution in [0.5, 0.6) is 5.88 Å². The molecule has 0 bridgehead atoms. The van der Waals surface area contributed by atoms with Gasteiger partial charge in [0.1, 0.15) is 0 Å². The Hall–Kier alpha value is -0.920. The summed E-state index contributed by atoms with van der Waals surface area (Å²) in [6, 6.07) is 3.85. The molecular weight excluding hydrogens is 126 g/mol. The Morgan fingerprint density at radius 1 is 1.70 bits per heavy atom. The highest BCUT2D eigenvalue weighted by atomic mass is 16.5. The lowest BCUT2D eigenvalue weighted by Gasteiger charge is -2.09. The van der Waals surface area contributed by atoms with Gasteiger partial charge in [0.25, 0.3) is 0 Å². The molecular formula is C8H13NO. The fraction of sp³-hybridized carbons (Fsp3) is 0.500. The van der Waals surface area contributed by atoms with E-state index in [0.29, 0.717) is 6.10 Å². The normalized spacial score (nSPS) is 13.0. The highest BCUT2D eigenvalue weighted by Crippen LogP contribution is 2.08. The number of aromatic amines is 1. The smallest absolute Gasteiger partial charge is 0.190 e. The largest absolute Gasteiger partial charge is 0.476 e. The van der Waals surface area contributed by atoms with E-state index >= 15 is 0 Å². The second-order valence-electron chi connectivity index (χ2n) is 2.37. The number of hydrogen-bond donors (Lipinski definition) is 1. The van der Waals surface area contributed by atoms with Gasteiger partial charge in [-0.25, -0.2) is 0 Å². The molecule has 0 aliphatic heterocycles. The van der Waals surface area contributed by atoms with Gasteiger partial charge in [-0.1, -0.05) is 6.92 Å². The van der Waals surface area contributed by atoms with Crippen LogP contribution in [-0.2, 0) is 0 Å². The molecule has 0 saturated carbocycles.